The Morgan fingerprint density at radius 2 is 1.79 bits per heavy atom. The van der Waals surface area contributed by atoms with Crippen molar-refractivity contribution in [2.75, 3.05) is 26.7 Å². The molecular weight excluding hydrogens is 556 g/mol. The van der Waals surface area contributed by atoms with Crippen LogP contribution in [0.3, 0.4) is 0 Å². The predicted octanol–water partition coefficient (Wildman–Crippen LogP) is 3.19. The predicted molar refractivity (Wildman–Crippen MR) is 165 cm³/mol. The fourth-order valence-electron chi connectivity index (χ4n) is 4.99. The molecule has 2 aromatic rings. The Labute approximate surface area is 253 Å². The summed E-state index contributed by atoms with van der Waals surface area (Å²) in [6.45, 7) is 7.82. The second kappa shape index (κ2) is 15.2. The van der Waals surface area contributed by atoms with Crippen molar-refractivity contribution < 1.29 is 24.2 Å². The van der Waals surface area contributed by atoms with Crippen LogP contribution in [0, 0.1) is 5.92 Å². The molecule has 0 fully saturated rings. The third-order valence-corrected chi connectivity index (χ3v) is 7.70. The molecule has 0 aromatic heterocycles. The number of ether oxygens (including phenoxy) is 1. The zero-order valence-electron chi connectivity index (χ0n) is 25.0. The number of halogens is 1. The van der Waals surface area contributed by atoms with Gasteiger partial charge in [-0.3, -0.25) is 14.4 Å². The number of nitrogens with zero attached hydrogens (tertiary/aromatic N) is 1. The first-order valence-corrected chi connectivity index (χ1v) is 14.7. The van der Waals surface area contributed by atoms with E-state index < -0.39 is 35.5 Å². The molecule has 0 saturated carbocycles. The molecule has 3 rings (SSSR count). The van der Waals surface area contributed by atoms with Crippen molar-refractivity contribution in [3.05, 3.63) is 70.8 Å². The van der Waals surface area contributed by atoms with E-state index in [1.165, 1.54) is 25.8 Å². The van der Waals surface area contributed by atoms with Crippen LogP contribution in [0.25, 0.3) is 6.08 Å². The van der Waals surface area contributed by atoms with Gasteiger partial charge in [-0.05, 0) is 43.5 Å². The topological polar surface area (TPSA) is 120 Å². The molecule has 0 radical (unpaired) electrons. The van der Waals surface area contributed by atoms with Crippen LogP contribution in [0.15, 0.2) is 54.6 Å². The Morgan fingerprint density at radius 3 is 2.45 bits per heavy atom. The zero-order chi connectivity index (χ0) is 30.9. The lowest BCUT2D eigenvalue weighted by Crippen LogP contribution is -2.63. The number of fused-ring (bicyclic) bond motifs is 1. The minimum Gasteiger partial charge on any atom is -0.492 e. The number of nitrogens with one attached hydrogen (secondary N) is 3. The summed E-state index contributed by atoms with van der Waals surface area (Å²) in [6.07, 6.45) is 4.58. The van der Waals surface area contributed by atoms with Gasteiger partial charge in [0, 0.05) is 37.1 Å². The minimum absolute atomic E-state index is 0.0605. The van der Waals surface area contributed by atoms with E-state index in [0.717, 1.165) is 11.1 Å². The molecule has 0 aliphatic carbocycles. The molecule has 42 heavy (non-hydrogen) atoms. The third-order valence-electron chi connectivity index (χ3n) is 7.45. The summed E-state index contributed by atoms with van der Waals surface area (Å²) in [4.78, 5) is 42.3. The van der Waals surface area contributed by atoms with Crippen LogP contribution in [0.5, 0.6) is 5.75 Å². The highest BCUT2D eigenvalue weighted by molar-refractivity contribution is 6.30. The molecule has 3 amide bonds. The lowest BCUT2D eigenvalue weighted by molar-refractivity contribution is -0.150. The van der Waals surface area contributed by atoms with Crippen LogP contribution in [0.4, 0.5) is 0 Å². The first-order chi connectivity index (χ1) is 19.9. The highest BCUT2D eigenvalue weighted by Gasteiger charge is 2.42. The zero-order valence-corrected chi connectivity index (χ0v) is 25.8. The fourth-order valence-corrected chi connectivity index (χ4v) is 5.12. The smallest absolute Gasteiger partial charge is 0.246 e. The molecule has 1 heterocycles. The number of carbonyl (C=O) groups is 3. The second-order valence-electron chi connectivity index (χ2n) is 11.2. The molecule has 10 heteroatoms. The van der Waals surface area contributed by atoms with Crippen molar-refractivity contribution in [2.45, 2.75) is 64.3 Å². The number of benzene rings is 2. The second-order valence-corrected chi connectivity index (χ2v) is 11.7. The van der Waals surface area contributed by atoms with Gasteiger partial charge < -0.3 is 30.7 Å². The number of carbonyl (C=O) groups excluding carboxylic acids is 3. The van der Waals surface area contributed by atoms with Gasteiger partial charge in [-0.15, -0.1) is 0 Å². The van der Waals surface area contributed by atoms with Crippen LogP contribution in [-0.2, 0) is 20.8 Å². The molecule has 0 spiro atoms. The van der Waals surface area contributed by atoms with Gasteiger partial charge in [0.25, 0.3) is 0 Å². The highest BCUT2D eigenvalue weighted by atomic mass is 35.5. The number of hydrogen-bond donors (Lipinski definition) is 4. The summed E-state index contributed by atoms with van der Waals surface area (Å²) in [6, 6.07) is 11.7. The van der Waals surface area contributed by atoms with Crippen molar-refractivity contribution in [3.63, 3.8) is 0 Å². The van der Waals surface area contributed by atoms with Crippen molar-refractivity contribution in [1.82, 2.24) is 20.9 Å². The summed E-state index contributed by atoms with van der Waals surface area (Å²) >= 11 is 6.05. The largest absolute Gasteiger partial charge is 0.492 e. The van der Waals surface area contributed by atoms with E-state index in [4.69, 9.17) is 16.3 Å². The molecule has 4 N–H and O–H groups in total. The van der Waals surface area contributed by atoms with Crippen molar-refractivity contribution in [1.29, 1.82) is 0 Å². The van der Waals surface area contributed by atoms with Crippen LogP contribution in [-0.4, -0.2) is 78.2 Å². The average molecular weight is 599 g/mol. The lowest BCUT2D eigenvalue weighted by Gasteiger charge is -2.39. The first-order valence-electron chi connectivity index (χ1n) is 14.4. The van der Waals surface area contributed by atoms with E-state index in [-0.39, 0.29) is 24.8 Å². The quantitative estimate of drug-likeness (QED) is 0.420. The van der Waals surface area contributed by atoms with Crippen molar-refractivity contribution in [3.8, 4) is 5.75 Å². The first kappa shape index (κ1) is 33.1. The molecular formula is C32H43ClN4O5. The third kappa shape index (κ3) is 9.05. The minimum atomic E-state index is -1.60. The van der Waals surface area contributed by atoms with Gasteiger partial charge in [-0.25, -0.2) is 0 Å². The summed E-state index contributed by atoms with van der Waals surface area (Å²) < 4.78 is 6.02. The molecule has 4 atom stereocenters. The highest BCUT2D eigenvalue weighted by Crippen LogP contribution is 2.21. The molecule has 1 aliphatic rings. The number of hydrogen-bond acceptors (Lipinski definition) is 6. The van der Waals surface area contributed by atoms with Gasteiger partial charge >= 0.3 is 0 Å². The Hall–Kier alpha value is -3.40. The number of amides is 3. The van der Waals surface area contributed by atoms with Crippen molar-refractivity contribution >= 4 is 35.4 Å². The summed E-state index contributed by atoms with van der Waals surface area (Å²) in [5, 5.41) is 20.6. The molecule has 0 bridgehead atoms. The van der Waals surface area contributed by atoms with E-state index in [9.17, 15) is 19.5 Å². The van der Waals surface area contributed by atoms with E-state index in [2.05, 4.69) is 16.0 Å². The lowest BCUT2D eigenvalue weighted by atomic mass is 9.92. The van der Waals surface area contributed by atoms with E-state index in [1.807, 2.05) is 50.3 Å². The van der Waals surface area contributed by atoms with Gasteiger partial charge in [0.1, 0.15) is 24.4 Å². The maximum absolute atomic E-state index is 13.8. The monoisotopic (exact) mass is 598 g/mol. The van der Waals surface area contributed by atoms with Crippen LogP contribution >= 0.6 is 11.6 Å². The van der Waals surface area contributed by atoms with Gasteiger partial charge in [-0.1, -0.05) is 74.4 Å². The number of aliphatic hydroxyl groups is 1. The molecule has 9 nitrogen and oxygen atoms in total. The fraction of sp³-hybridized carbons (Fsp3) is 0.469. The summed E-state index contributed by atoms with van der Waals surface area (Å²) in [5.41, 5.74) is 0.0294. The average Bonchev–Trinajstić information content (AvgIpc) is 2.94. The van der Waals surface area contributed by atoms with E-state index >= 15 is 0 Å². The standard InChI is InChI=1S/C32H43ClN4O5/c1-6-21(2)27-31(40)37(5)28(32(3,4)41)30(39)36-25(20-22-13-15-24(33)16-14-22)29(38)35-17-9-11-23-10-7-8-12-26(23)42-19-18-34-27/h7-16,21,25,27-28,34,41H,6,17-20H2,1-5H3,(H,35,38)(H,36,39)/t21?,25-,27+,28-/m1/s1. The summed E-state index contributed by atoms with van der Waals surface area (Å²) in [7, 11) is 1.51. The van der Waals surface area contributed by atoms with Gasteiger partial charge in [0.2, 0.25) is 17.7 Å². The van der Waals surface area contributed by atoms with Crippen LogP contribution < -0.4 is 20.7 Å². The van der Waals surface area contributed by atoms with Gasteiger partial charge in [0.15, 0.2) is 0 Å². The molecule has 1 unspecified atom stereocenters. The SMILES string of the molecule is CCC(C)[C@@H]1NCCOc2ccccc2C=CCNC(=O)[C@@H](Cc2ccc(Cl)cc2)NC(=O)[C@H](C(C)(C)O)N(C)C1=O. The molecule has 0 saturated heterocycles. The molecule has 228 valence electrons. The Morgan fingerprint density at radius 1 is 1.10 bits per heavy atom. The Bertz CT molecular complexity index is 1240. The van der Waals surface area contributed by atoms with E-state index in [0.29, 0.717) is 30.3 Å². The Balaban J connectivity index is 1.99. The molecule has 2 aromatic carbocycles. The maximum atomic E-state index is 13.8. The van der Waals surface area contributed by atoms with Crippen LogP contribution in [0.2, 0.25) is 5.02 Å². The maximum Gasteiger partial charge on any atom is 0.246 e. The van der Waals surface area contributed by atoms with Gasteiger partial charge in [-0.2, -0.15) is 0 Å². The Kier molecular flexibility index (Phi) is 12.0. The number of rotatable bonds is 5. The van der Waals surface area contributed by atoms with Crippen LogP contribution in [0.1, 0.15) is 45.2 Å². The number of likely N-dealkylation sites (N-methyl/N-ethyl adjacent to an activating group) is 1. The van der Waals surface area contributed by atoms with Crippen molar-refractivity contribution in [2.24, 2.45) is 5.92 Å². The normalized spacial score (nSPS) is 22.2. The number of para-hydroxylation sites is 1. The molecule has 1 aliphatic heterocycles. The summed E-state index contributed by atoms with van der Waals surface area (Å²) in [5.74, 6) is -0.758. The van der Waals surface area contributed by atoms with Gasteiger partial charge in [0.05, 0.1) is 11.6 Å². The van der Waals surface area contributed by atoms with E-state index in [1.54, 1.807) is 24.3 Å².